The van der Waals surface area contributed by atoms with E-state index in [1.165, 1.54) is 32.1 Å². The molecule has 0 unspecified atom stereocenters. The van der Waals surface area contributed by atoms with Crippen LogP contribution in [-0.4, -0.2) is 49.4 Å². The molecule has 0 N–H and O–H groups in total. The molecule has 0 bridgehead atoms. The molecule has 1 aliphatic rings. The molecule has 0 aliphatic heterocycles. The second-order valence-corrected chi connectivity index (χ2v) is 6.87. The quantitative estimate of drug-likeness (QED) is 0.721. The highest BCUT2D eigenvalue weighted by molar-refractivity contribution is 5.91. The van der Waals surface area contributed by atoms with Crippen molar-refractivity contribution in [1.29, 1.82) is 0 Å². The summed E-state index contributed by atoms with van der Waals surface area (Å²) < 4.78 is 5.50. The Morgan fingerprint density at radius 1 is 1.22 bits per heavy atom. The van der Waals surface area contributed by atoms with E-state index in [1.807, 2.05) is 38.1 Å². The van der Waals surface area contributed by atoms with Crippen LogP contribution >= 0.6 is 0 Å². The third-order valence-electron chi connectivity index (χ3n) is 4.48. The molecule has 128 valence electrons. The topological polar surface area (TPSA) is 36.7 Å². The summed E-state index contributed by atoms with van der Waals surface area (Å²) in [5.74, 6) is 2.35. The summed E-state index contributed by atoms with van der Waals surface area (Å²) in [6.45, 7) is 4.47. The van der Waals surface area contributed by atoms with Crippen molar-refractivity contribution in [3.63, 3.8) is 0 Å². The number of likely N-dealkylation sites (N-methyl/N-ethyl adjacent to an activating group) is 1. The maximum atomic E-state index is 12.6. The van der Waals surface area contributed by atoms with E-state index < -0.39 is 0 Å². The van der Waals surface area contributed by atoms with Crippen molar-refractivity contribution in [2.24, 2.45) is 5.92 Å². The zero-order valence-electron chi connectivity index (χ0n) is 14.8. The molecule has 0 saturated heterocycles. The van der Waals surface area contributed by atoms with Crippen LogP contribution in [0.3, 0.4) is 0 Å². The first-order valence-electron chi connectivity index (χ1n) is 8.73. The molecule has 0 spiro atoms. The number of hydrogen-bond donors (Lipinski definition) is 0. The van der Waals surface area contributed by atoms with Crippen LogP contribution in [0.25, 0.3) is 6.08 Å². The molecule has 1 fully saturated rings. The van der Waals surface area contributed by atoms with Gasteiger partial charge in [-0.15, -0.1) is 0 Å². The zero-order valence-corrected chi connectivity index (χ0v) is 14.8. The van der Waals surface area contributed by atoms with E-state index >= 15 is 0 Å². The molecule has 0 aromatic carbocycles. The highest BCUT2D eigenvalue weighted by Crippen LogP contribution is 2.24. The number of hydrogen-bond acceptors (Lipinski definition) is 3. The minimum Gasteiger partial charge on any atom is -0.462 e. The molecule has 1 amide bonds. The Morgan fingerprint density at radius 2 is 1.96 bits per heavy atom. The number of carbonyl (C=O) groups excluding carboxylic acids is 1. The lowest BCUT2D eigenvalue weighted by molar-refractivity contribution is -0.126. The van der Waals surface area contributed by atoms with E-state index in [9.17, 15) is 4.79 Å². The fraction of sp³-hybridized carbons (Fsp3) is 0.632. The monoisotopic (exact) mass is 318 g/mol. The number of furan rings is 1. The van der Waals surface area contributed by atoms with Gasteiger partial charge in [-0.3, -0.25) is 4.79 Å². The van der Waals surface area contributed by atoms with Gasteiger partial charge >= 0.3 is 0 Å². The second-order valence-electron chi connectivity index (χ2n) is 6.87. The molecular formula is C19H30N2O2. The molecule has 1 aromatic rings. The molecule has 0 atom stereocenters. The second kappa shape index (κ2) is 8.92. The van der Waals surface area contributed by atoms with Crippen LogP contribution < -0.4 is 0 Å². The van der Waals surface area contributed by atoms with Crippen LogP contribution in [0.5, 0.6) is 0 Å². The maximum absolute atomic E-state index is 12.6. The van der Waals surface area contributed by atoms with Gasteiger partial charge in [0, 0.05) is 25.7 Å². The number of rotatable bonds is 7. The molecule has 2 rings (SSSR count). The van der Waals surface area contributed by atoms with Gasteiger partial charge in [-0.2, -0.15) is 0 Å². The summed E-state index contributed by atoms with van der Waals surface area (Å²) in [6, 6.07) is 3.81. The molecular weight excluding hydrogens is 288 g/mol. The van der Waals surface area contributed by atoms with E-state index in [4.69, 9.17) is 4.42 Å². The molecule has 4 nitrogen and oxygen atoms in total. The van der Waals surface area contributed by atoms with E-state index in [0.29, 0.717) is 5.92 Å². The normalized spacial score (nSPS) is 16.3. The Hall–Kier alpha value is -1.55. The fourth-order valence-electron chi connectivity index (χ4n) is 3.10. The van der Waals surface area contributed by atoms with Gasteiger partial charge in [0.1, 0.15) is 11.5 Å². The van der Waals surface area contributed by atoms with Crippen LogP contribution in [0.15, 0.2) is 22.6 Å². The average Bonchev–Trinajstić information content (AvgIpc) is 2.95. The lowest BCUT2D eigenvalue weighted by Crippen LogP contribution is -2.39. The Balaban J connectivity index is 1.95. The van der Waals surface area contributed by atoms with Crippen LogP contribution in [0.4, 0.5) is 0 Å². The van der Waals surface area contributed by atoms with Crippen LogP contribution in [0.2, 0.25) is 0 Å². The fourth-order valence-corrected chi connectivity index (χ4v) is 3.10. The predicted molar refractivity (Wildman–Crippen MR) is 94.2 cm³/mol. The standard InChI is InChI=1S/C19H30N2O2/c1-16-9-10-18(23-16)11-12-19(22)21(14-13-20(2)3)15-17-7-5-4-6-8-17/h9-12,17H,4-8,13-15H2,1-3H3. The maximum Gasteiger partial charge on any atom is 0.246 e. The smallest absolute Gasteiger partial charge is 0.246 e. The van der Waals surface area contributed by atoms with Gasteiger partial charge in [-0.05, 0) is 58.0 Å². The SMILES string of the molecule is Cc1ccc(C=CC(=O)N(CCN(C)C)CC2CCCCC2)o1. The minimum absolute atomic E-state index is 0.0893. The summed E-state index contributed by atoms with van der Waals surface area (Å²) in [5, 5.41) is 0. The zero-order chi connectivity index (χ0) is 16.7. The summed E-state index contributed by atoms with van der Waals surface area (Å²) in [7, 11) is 4.09. The summed E-state index contributed by atoms with van der Waals surface area (Å²) in [6.07, 6.45) is 9.90. The van der Waals surface area contributed by atoms with Gasteiger partial charge in [-0.25, -0.2) is 0 Å². The molecule has 1 aromatic heterocycles. The van der Waals surface area contributed by atoms with Crippen molar-refractivity contribution >= 4 is 12.0 Å². The van der Waals surface area contributed by atoms with Gasteiger partial charge < -0.3 is 14.2 Å². The van der Waals surface area contributed by atoms with Gasteiger partial charge in [0.15, 0.2) is 0 Å². The van der Waals surface area contributed by atoms with Crippen LogP contribution in [0, 0.1) is 12.8 Å². The van der Waals surface area contributed by atoms with Gasteiger partial charge in [0.05, 0.1) is 0 Å². The third-order valence-corrected chi connectivity index (χ3v) is 4.48. The van der Waals surface area contributed by atoms with E-state index in [2.05, 4.69) is 4.90 Å². The lowest BCUT2D eigenvalue weighted by Gasteiger charge is -2.30. The minimum atomic E-state index is 0.0893. The Labute approximate surface area is 140 Å². The van der Waals surface area contributed by atoms with Crippen LogP contribution in [-0.2, 0) is 4.79 Å². The Morgan fingerprint density at radius 3 is 2.57 bits per heavy atom. The van der Waals surface area contributed by atoms with Crippen molar-refractivity contribution in [1.82, 2.24) is 9.80 Å². The molecule has 23 heavy (non-hydrogen) atoms. The first-order valence-corrected chi connectivity index (χ1v) is 8.73. The number of aryl methyl sites for hydroxylation is 1. The molecule has 1 saturated carbocycles. The molecule has 4 heteroatoms. The van der Waals surface area contributed by atoms with E-state index in [1.54, 1.807) is 12.2 Å². The molecule has 1 heterocycles. The van der Waals surface area contributed by atoms with Gasteiger partial charge in [0.25, 0.3) is 0 Å². The van der Waals surface area contributed by atoms with Gasteiger partial charge in [-0.1, -0.05) is 19.3 Å². The third kappa shape index (κ3) is 6.22. The van der Waals surface area contributed by atoms with Crippen molar-refractivity contribution in [3.05, 3.63) is 29.7 Å². The highest BCUT2D eigenvalue weighted by atomic mass is 16.3. The van der Waals surface area contributed by atoms with Crippen molar-refractivity contribution in [3.8, 4) is 0 Å². The van der Waals surface area contributed by atoms with Crippen molar-refractivity contribution < 1.29 is 9.21 Å². The summed E-state index contributed by atoms with van der Waals surface area (Å²) >= 11 is 0. The summed E-state index contributed by atoms with van der Waals surface area (Å²) in [4.78, 5) is 16.7. The number of nitrogens with zero attached hydrogens (tertiary/aromatic N) is 2. The van der Waals surface area contributed by atoms with E-state index in [0.717, 1.165) is 31.2 Å². The largest absolute Gasteiger partial charge is 0.462 e. The highest BCUT2D eigenvalue weighted by Gasteiger charge is 2.19. The molecule has 0 radical (unpaired) electrons. The predicted octanol–water partition coefficient (Wildman–Crippen LogP) is 3.57. The Bertz CT molecular complexity index is 513. The molecule has 1 aliphatic carbocycles. The van der Waals surface area contributed by atoms with Gasteiger partial charge in [0.2, 0.25) is 5.91 Å². The number of carbonyl (C=O) groups is 1. The summed E-state index contributed by atoms with van der Waals surface area (Å²) in [5.41, 5.74) is 0. The van der Waals surface area contributed by atoms with Crippen molar-refractivity contribution in [2.75, 3.05) is 33.7 Å². The Kier molecular flexibility index (Phi) is 6.90. The van der Waals surface area contributed by atoms with E-state index in [-0.39, 0.29) is 5.91 Å². The first-order chi connectivity index (χ1) is 11.0. The average molecular weight is 318 g/mol. The van der Waals surface area contributed by atoms with Crippen molar-refractivity contribution in [2.45, 2.75) is 39.0 Å². The first kappa shape index (κ1) is 17.8. The lowest BCUT2D eigenvalue weighted by atomic mass is 9.89. The number of amides is 1. The van der Waals surface area contributed by atoms with Crippen LogP contribution in [0.1, 0.15) is 43.6 Å².